The zero-order valence-electron chi connectivity index (χ0n) is 20.8. The van der Waals surface area contributed by atoms with Gasteiger partial charge in [-0.05, 0) is 86.2 Å². The van der Waals surface area contributed by atoms with Crippen LogP contribution in [0.4, 0.5) is 0 Å². The highest BCUT2D eigenvalue weighted by molar-refractivity contribution is 6.42. The van der Waals surface area contributed by atoms with Crippen LogP contribution in [-0.2, 0) is 6.42 Å². The molecule has 0 aliphatic carbocycles. The van der Waals surface area contributed by atoms with Crippen LogP contribution in [0.15, 0.2) is 60.7 Å². The van der Waals surface area contributed by atoms with Gasteiger partial charge in [0.1, 0.15) is 24.5 Å². The minimum absolute atomic E-state index is 0.0163. The van der Waals surface area contributed by atoms with Gasteiger partial charge in [0.25, 0.3) is 0 Å². The van der Waals surface area contributed by atoms with Crippen molar-refractivity contribution in [2.24, 2.45) is 0 Å². The first-order chi connectivity index (χ1) is 17.6. The highest BCUT2D eigenvalue weighted by Gasteiger charge is 2.19. The van der Waals surface area contributed by atoms with Crippen molar-refractivity contribution < 1.29 is 19.7 Å². The third-order valence-electron chi connectivity index (χ3n) is 6.07. The van der Waals surface area contributed by atoms with Gasteiger partial charge in [-0.25, -0.2) is 4.79 Å². The molecule has 3 aromatic carbocycles. The van der Waals surface area contributed by atoms with Gasteiger partial charge < -0.3 is 20.3 Å². The number of β-amino-alcohol motifs (C(OH)–C–C–N with tert-alkyl or cyclic N) is 1. The van der Waals surface area contributed by atoms with E-state index in [0.717, 1.165) is 36.0 Å². The lowest BCUT2D eigenvalue weighted by Gasteiger charge is -2.28. The van der Waals surface area contributed by atoms with E-state index in [9.17, 15) is 15.2 Å². The topological polar surface area (TPSA) is 103 Å². The molecule has 194 valence electrons. The van der Waals surface area contributed by atoms with E-state index >= 15 is 0 Å². The number of hydrogen-bond acceptors (Lipinski definition) is 5. The van der Waals surface area contributed by atoms with Gasteiger partial charge in [-0.1, -0.05) is 47.5 Å². The number of nitriles is 1. The Labute approximate surface area is 227 Å². The van der Waals surface area contributed by atoms with Crippen molar-refractivity contribution in [3.8, 4) is 22.9 Å². The number of aliphatic hydroxyl groups is 1. The summed E-state index contributed by atoms with van der Waals surface area (Å²) in [6.45, 7) is 4.52. The molecule has 8 heteroatoms. The second-order valence-corrected chi connectivity index (χ2v) is 10.4. The number of aromatic carboxylic acids is 1. The molecule has 0 amide bonds. The van der Waals surface area contributed by atoms with Crippen LogP contribution in [0.1, 0.15) is 48.2 Å². The zero-order valence-corrected chi connectivity index (χ0v) is 22.3. The number of rotatable bonds is 12. The zero-order chi connectivity index (χ0) is 27.0. The maximum absolute atomic E-state index is 11.1. The molecule has 3 rings (SSSR count). The minimum Gasteiger partial charge on any atom is -0.489 e. The minimum atomic E-state index is -0.993. The number of nitrogens with zero attached hydrogens (tertiary/aromatic N) is 1. The summed E-state index contributed by atoms with van der Waals surface area (Å²) in [5, 5.41) is 33.6. The smallest absolute Gasteiger partial charge is 0.335 e. The van der Waals surface area contributed by atoms with Crippen LogP contribution in [0.3, 0.4) is 0 Å². The van der Waals surface area contributed by atoms with Gasteiger partial charge in [0.05, 0.1) is 21.2 Å². The summed E-state index contributed by atoms with van der Waals surface area (Å²) < 4.78 is 5.81. The fourth-order valence-corrected chi connectivity index (χ4v) is 4.20. The van der Waals surface area contributed by atoms with Crippen LogP contribution in [-0.4, -0.2) is 41.0 Å². The highest BCUT2D eigenvalue weighted by Crippen LogP contribution is 2.28. The van der Waals surface area contributed by atoms with Gasteiger partial charge in [0, 0.05) is 12.1 Å². The number of carboxylic acids is 1. The summed E-state index contributed by atoms with van der Waals surface area (Å²) in [4.78, 5) is 11.1. The standard InChI is InChI=1S/C29H30Cl2N2O4/c1-29(2,13-3-4-19-5-12-25(30)26(31)14-19)33-17-24(34)18-37-27-15-22(10-11-23(27)16-32)20-6-8-21(9-7-20)28(35)36/h5-12,14-15,24,33-34H,3-4,13,17-18H2,1-2H3,(H,35,36)/t24-/m0/s1. The first kappa shape index (κ1) is 28.5. The molecule has 0 unspecified atom stereocenters. The normalized spacial score (nSPS) is 12.1. The summed E-state index contributed by atoms with van der Waals surface area (Å²) in [6.07, 6.45) is 1.93. The van der Waals surface area contributed by atoms with E-state index < -0.39 is 12.1 Å². The Bertz CT molecular complexity index is 1270. The molecule has 37 heavy (non-hydrogen) atoms. The van der Waals surface area contributed by atoms with E-state index in [-0.39, 0.29) is 17.7 Å². The van der Waals surface area contributed by atoms with Crippen LogP contribution >= 0.6 is 23.2 Å². The summed E-state index contributed by atoms with van der Waals surface area (Å²) >= 11 is 12.1. The molecule has 0 saturated carbocycles. The Morgan fingerprint density at radius 3 is 2.41 bits per heavy atom. The summed E-state index contributed by atoms with van der Waals surface area (Å²) in [5.74, 6) is -0.630. The number of carboxylic acid groups (broad SMARTS) is 1. The van der Waals surface area contributed by atoms with E-state index in [0.29, 0.717) is 27.9 Å². The molecule has 0 heterocycles. The van der Waals surface area contributed by atoms with Crippen molar-refractivity contribution >= 4 is 29.2 Å². The number of ether oxygens (including phenoxy) is 1. The first-order valence-corrected chi connectivity index (χ1v) is 12.7. The first-order valence-electron chi connectivity index (χ1n) is 12.0. The third-order valence-corrected chi connectivity index (χ3v) is 6.80. The van der Waals surface area contributed by atoms with Gasteiger partial charge in [-0.15, -0.1) is 0 Å². The molecular formula is C29H30Cl2N2O4. The van der Waals surface area contributed by atoms with E-state index in [1.807, 2.05) is 12.1 Å². The molecule has 1 atom stereocenters. The van der Waals surface area contributed by atoms with Crippen molar-refractivity contribution in [3.63, 3.8) is 0 Å². The maximum atomic E-state index is 11.1. The summed E-state index contributed by atoms with van der Waals surface area (Å²) in [6, 6.07) is 19.4. The lowest BCUT2D eigenvalue weighted by molar-refractivity contribution is 0.0697. The Hall–Kier alpha value is -3.08. The number of halogens is 2. The van der Waals surface area contributed by atoms with Crippen LogP contribution < -0.4 is 10.1 Å². The quantitative estimate of drug-likeness (QED) is 0.247. The fraction of sp³-hybridized carbons (Fsp3) is 0.310. The van der Waals surface area contributed by atoms with E-state index in [2.05, 4.69) is 25.2 Å². The Morgan fingerprint density at radius 2 is 1.76 bits per heavy atom. The second-order valence-electron chi connectivity index (χ2n) is 9.54. The number of benzene rings is 3. The molecule has 0 aliphatic rings. The van der Waals surface area contributed by atoms with Crippen LogP contribution in [0, 0.1) is 11.3 Å². The monoisotopic (exact) mass is 540 g/mol. The number of aryl methyl sites for hydroxylation is 1. The van der Waals surface area contributed by atoms with Crippen molar-refractivity contribution in [1.82, 2.24) is 5.32 Å². The lowest BCUT2D eigenvalue weighted by atomic mass is 9.95. The predicted molar refractivity (Wildman–Crippen MR) is 147 cm³/mol. The van der Waals surface area contributed by atoms with Crippen LogP contribution in [0.25, 0.3) is 11.1 Å². The van der Waals surface area contributed by atoms with Crippen molar-refractivity contribution in [1.29, 1.82) is 5.26 Å². The molecule has 6 nitrogen and oxygen atoms in total. The SMILES string of the molecule is CC(C)(CCCc1ccc(Cl)c(Cl)c1)NC[C@H](O)COc1cc(-c2ccc(C(=O)O)cc2)ccc1C#N. The molecule has 0 bridgehead atoms. The maximum Gasteiger partial charge on any atom is 0.335 e. The van der Waals surface area contributed by atoms with Crippen molar-refractivity contribution in [2.75, 3.05) is 13.2 Å². The van der Waals surface area contributed by atoms with Gasteiger partial charge in [0.15, 0.2) is 0 Å². The number of carbonyl (C=O) groups is 1. The Balaban J connectivity index is 1.51. The van der Waals surface area contributed by atoms with Crippen molar-refractivity contribution in [2.45, 2.75) is 44.8 Å². The van der Waals surface area contributed by atoms with Gasteiger partial charge in [-0.3, -0.25) is 0 Å². The predicted octanol–water partition coefficient (Wildman–Crippen LogP) is 6.36. The van der Waals surface area contributed by atoms with E-state index in [1.54, 1.807) is 36.4 Å². The lowest BCUT2D eigenvalue weighted by Crippen LogP contribution is -2.44. The summed E-state index contributed by atoms with van der Waals surface area (Å²) in [5.41, 5.74) is 3.06. The largest absolute Gasteiger partial charge is 0.489 e. The van der Waals surface area contributed by atoms with Crippen LogP contribution in [0.2, 0.25) is 10.0 Å². The van der Waals surface area contributed by atoms with E-state index in [1.165, 1.54) is 12.1 Å². The number of hydrogen-bond donors (Lipinski definition) is 3. The average Bonchev–Trinajstić information content (AvgIpc) is 2.88. The second kappa shape index (κ2) is 12.9. The van der Waals surface area contributed by atoms with Gasteiger partial charge in [-0.2, -0.15) is 5.26 Å². The molecule has 0 radical (unpaired) electrons. The average molecular weight is 541 g/mol. The molecule has 0 spiro atoms. The molecule has 0 fully saturated rings. The number of nitrogens with one attached hydrogen (secondary N) is 1. The van der Waals surface area contributed by atoms with Crippen LogP contribution in [0.5, 0.6) is 5.75 Å². The molecule has 0 saturated heterocycles. The third kappa shape index (κ3) is 8.48. The van der Waals surface area contributed by atoms with Crippen molar-refractivity contribution in [3.05, 3.63) is 87.4 Å². The van der Waals surface area contributed by atoms with E-state index in [4.69, 9.17) is 33.0 Å². The van der Waals surface area contributed by atoms with Gasteiger partial charge in [0.2, 0.25) is 0 Å². The Kier molecular flexibility index (Phi) is 9.96. The fourth-order valence-electron chi connectivity index (χ4n) is 3.88. The molecule has 3 N–H and O–H groups in total. The molecular weight excluding hydrogens is 511 g/mol. The van der Waals surface area contributed by atoms with Gasteiger partial charge >= 0.3 is 5.97 Å². The molecule has 3 aromatic rings. The number of aliphatic hydroxyl groups excluding tert-OH is 1. The molecule has 0 aliphatic heterocycles. The molecule has 0 aromatic heterocycles. The Morgan fingerprint density at radius 1 is 1.05 bits per heavy atom. The summed E-state index contributed by atoms with van der Waals surface area (Å²) in [7, 11) is 0. The highest BCUT2D eigenvalue weighted by atomic mass is 35.5.